The summed E-state index contributed by atoms with van der Waals surface area (Å²) in [5.41, 5.74) is -0.102. The van der Waals surface area contributed by atoms with Gasteiger partial charge in [-0.1, -0.05) is 11.6 Å². The Morgan fingerprint density at radius 2 is 2.05 bits per heavy atom. The SMILES string of the molecule is FC(F)(F)c1cc(Cl)ccc1-n1ccc(CNC2CC2)n1. The molecule has 0 bridgehead atoms. The Kier molecular flexibility index (Phi) is 3.67. The lowest BCUT2D eigenvalue weighted by atomic mass is 10.1. The van der Waals surface area contributed by atoms with E-state index in [4.69, 9.17) is 11.6 Å². The topological polar surface area (TPSA) is 29.9 Å². The highest BCUT2D eigenvalue weighted by molar-refractivity contribution is 6.30. The van der Waals surface area contributed by atoms with Gasteiger partial charge in [0.1, 0.15) is 0 Å². The zero-order valence-corrected chi connectivity index (χ0v) is 11.7. The fourth-order valence-electron chi connectivity index (χ4n) is 2.06. The number of halogens is 4. The van der Waals surface area contributed by atoms with Gasteiger partial charge in [0.25, 0.3) is 0 Å². The predicted molar refractivity (Wildman–Crippen MR) is 73.4 cm³/mol. The maximum atomic E-state index is 13.1. The second kappa shape index (κ2) is 5.35. The highest BCUT2D eigenvalue weighted by Crippen LogP contribution is 2.35. The molecule has 0 atom stereocenters. The maximum absolute atomic E-state index is 13.1. The normalized spacial score (nSPS) is 15.4. The highest BCUT2D eigenvalue weighted by atomic mass is 35.5. The monoisotopic (exact) mass is 315 g/mol. The average molecular weight is 316 g/mol. The van der Waals surface area contributed by atoms with Crippen molar-refractivity contribution in [2.24, 2.45) is 0 Å². The van der Waals surface area contributed by atoms with Gasteiger partial charge in [-0.2, -0.15) is 18.3 Å². The van der Waals surface area contributed by atoms with Crippen molar-refractivity contribution < 1.29 is 13.2 Å². The molecule has 0 spiro atoms. The molecule has 1 aromatic carbocycles. The summed E-state index contributed by atoms with van der Waals surface area (Å²) < 4.78 is 40.5. The van der Waals surface area contributed by atoms with E-state index in [1.54, 1.807) is 6.07 Å². The second-order valence-corrected chi connectivity index (χ2v) is 5.50. The van der Waals surface area contributed by atoms with Crippen molar-refractivity contribution in [3.8, 4) is 5.69 Å². The van der Waals surface area contributed by atoms with Gasteiger partial charge in [0.05, 0.1) is 16.9 Å². The van der Waals surface area contributed by atoms with Crippen LogP contribution < -0.4 is 5.32 Å². The third-order valence-electron chi connectivity index (χ3n) is 3.30. The lowest BCUT2D eigenvalue weighted by Crippen LogP contribution is -2.16. The molecule has 1 saturated carbocycles. The minimum absolute atomic E-state index is 0.0235. The standard InChI is InChI=1S/C14H13ClF3N3/c15-9-1-4-13(12(7-9)14(16,17)18)21-6-5-11(20-21)8-19-10-2-3-10/h1,4-7,10,19H,2-3,8H2. The van der Waals surface area contributed by atoms with Crippen LogP contribution in [0.15, 0.2) is 30.5 Å². The number of alkyl halides is 3. The molecule has 0 amide bonds. The van der Waals surface area contributed by atoms with Crippen molar-refractivity contribution in [3.05, 3.63) is 46.7 Å². The molecule has 1 heterocycles. The Balaban J connectivity index is 1.88. The molecule has 0 unspecified atom stereocenters. The predicted octanol–water partition coefficient (Wildman–Crippen LogP) is 3.80. The summed E-state index contributed by atoms with van der Waals surface area (Å²) in [5, 5.41) is 7.52. The third kappa shape index (κ3) is 3.39. The fraction of sp³-hybridized carbons (Fsp3) is 0.357. The number of nitrogens with one attached hydrogen (secondary N) is 1. The number of benzene rings is 1. The van der Waals surface area contributed by atoms with E-state index in [0.29, 0.717) is 18.3 Å². The highest BCUT2D eigenvalue weighted by Gasteiger charge is 2.34. The lowest BCUT2D eigenvalue weighted by Gasteiger charge is -2.13. The smallest absolute Gasteiger partial charge is 0.308 e. The number of rotatable bonds is 4. The van der Waals surface area contributed by atoms with Gasteiger partial charge in [-0.3, -0.25) is 0 Å². The molecule has 1 N–H and O–H groups in total. The Bertz CT molecular complexity index is 647. The Morgan fingerprint density at radius 1 is 1.29 bits per heavy atom. The number of aromatic nitrogens is 2. The maximum Gasteiger partial charge on any atom is 0.418 e. The zero-order chi connectivity index (χ0) is 15.0. The first kappa shape index (κ1) is 14.4. The molecule has 1 fully saturated rings. The van der Waals surface area contributed by atoms with Gasteiger partial charge < -0.3 is 5.32 Å². The fourth-order valence-corrected chi connectivity index (χ4v) is 2.23. The van der Waals surface area contributed by atoms with Crippen molar-refractivity contribution in [1.82, 2.24) is 15.1 Å². The van der Waals surface area contributed by atoms with Crippen LogP contribution in [0.1, 0.15) is 24.1 Å². The first-order chi connectivity index (χ1) is 9.93. The quantitative estimate of drug-likeness (QED) is 0.930. The molecular weight excluding hydrogens is 303 g/mol. The summed E-state index contributed by atoms with van der Waals surface area (Å²) in [4.78, 5) is 0. The minimum atomic E-state index is -4.47. The lowest BCUT2D eigenvalue weighted by molar-refractivity contribution is -0.137. The zero-order valence-electron chi connectivity index (χ0n) is 11.0. The van der Waals surface area contributed by atoms with E-state index < -0.39 is 11.7 Å². The molecular formula is C14H13ClF3N3. The number of hydrogen-bond acceptors (Lipinski definition) is 2. The first-order valence-corrected chi connectivity index (χ1v) is 6.96. The molecule has 112 valence electrons. The van der Waals surface area contributed by atoms with E-state index >= 15 is 0 Å². The Labute approximate surface area is 124 Å². The van der Waals surface area contributed by atoms with E-state index in [9.17, 15) is 13.2 Å². The second-order valence-electron chi connectivity index (χ2n) is 5.07. The first-order valence-electron chi connectivity index (χ1n) is 6.58. The van der Waals surface area contributed by atoms with Crippen LogP contribution in [0.4, 0.5) is 13.2 Å². The summed E-state index contributed by atoms with van der Waals surface area (Å²) in [6.45, 7) is 0.562. The summed E-state index contributed by atoms with van der Waals surface area (Å²) >= 11 is 5.67. The van der Waals surface area contributed by atoms with Gasteiger partial charge in [0, 0.05) is 23.8 Å². The van der Waals surface area contributed by atoms with Gasteiger partial charge in [-0.15, -0.1) is 0 Å². The molecule has 3 rings (SSSR count). The van der Waals surface area contributed by atoms with E-state index in [1.165, 1.54) is 23.0 Å². The molecule has 0 aliphatic heterocycles. The van der Waals surface area contributed by atoms with Crippen LogP contribution in [0, 0.1) is 0 Å². The van der Waals surface area contributed by atoms with Crippen molar-refractivity contribution in [3.63, 3.8) is 0 Å². The summed E-state index contributed by atoms with van der Waals surface area (Å²) in [6, 6.07) is 5.91. The number of nitrogens with zero attached hydrogens (tertiary/aromatic N) is 2. The van der Waals surface area contributed by atoms with Crippen LogP contribution in [0.3, 0.4) is 0 Å². The van der Waals surface area contributed by atoms with Gasteiger partial charge in [0.15, 0.2) is 0 Å². The van der Waals surface area contributed by atoms with Crippen molar-refractivity contribution in [2.75, 3.05) is 0 Å². The van der Waals surface area contributed by atoms with Crippen LogP contribution >= 0.6 is 11.6 Å². The molecule has 1 aromatic heterocycles. The van der Waals surface area contributed by atoms with Crippen molar-refractivity contribution in [1.29, 1.82) is 0 Å². The van der Waals surface area contributed by atoms with Crippen LogP contribution in [0.25, 0.3) is 5.69 Å². The van der Waals surface area contributed by atoms with E-state index in [0.717, 1.165) is 18.9 Å². The molecule has 3 nitrogen and oxygen atoms in total. The molecule has 1 aliphatic carbocycles. The molecule has 7 heteroatoms. The van der Waals surface area contributed by atoms with Crippen molar-refractivity contribution in [2.45, 2.75) is 31.6 Å². The summed E-state index contributed by atoms with van der Waals surface area (Å²) in [7, 11) is 0. The molecule has 0 saturated heterocycles. The van der Waals surface area contributed by atoms with Crippen LogP contribution in [0.2, 0.25) is 5.02 Å². The van der Waals surface area contributed by atoms with E-state index in [2.05, 4.69) is 10.4 Å². The van der Waals surface area contributed by atoms with E-state index in [1.807, 2.05) is 0 Å². The molecule has 2 aromatic rings. The van der Waals surface area contributed by atoms with Crippen LogP contribution in [-0.4, -0.2) is 15.8 Å². The van der Waals surface area contributed by atoms with Crippen LogP contribution in [-0.2, 0) is 12.7 Å². The Morgan fingerprint density at radius 3 is 2.71 bits per heavy atom. The third-order valence-corrected chi connectivity index (χ3v) is 3.54. The average Bonchev–Trinajstić information content (AvgIpc) is 3.13. The van der Waals surface area contributed by atoms with Crippen LogP contribution in [0.5, 0.6) is 0 Å². The molecule has 1 aliphatic rings. The molecule has 0 radical (unpaired) electrons. The van der Waals surface area contributed by atoms with Gasteiger partial charge in [-0.25, -0.2) is 4.68 Å². The van der Waals surface area contributed by atoms with Gasteiger partial charge in [-0.05, 0) is 37.1 Å². The largest absolute Gasteiger partial charge is 0.418 e. The summed E-state index contributed by atoms with van der Waals surface area (Å²) in [6.07, 6.45) is -0.646. The van der Waals surface area contributed by atoms with E-state index in [-0.39, 0.29) is 10.7 Å². The van der Waals surface area contributed by atoms with Gasteiger partial charge >= 0.3 is 6.18 Å². The molecule has 21 heavy (non-hydrogen) atoms. The minimum Gasteiger partial charge on any atom is -0.308 e. The van der Waals surface area contributed by atoms with Crippen molar-refractivity contribution >= 4 is 11.6 Å². The summed E-state index contributed by atoms with van der Waals surface area (Å²) in [5.74, 6) is 0. The Hall–Kier alpha value is -1.53. The number of hydrogen-bond donors (Lipinski definition) is 1. The van der Waals surface area contributed by atoms with Gasteiger partial charge in [0.2, 0.25) is 0 Å².